The van der Waals surface area contributed by atoms with Crippen molar-refractivity contribution in [2.75, 3.05) is 17.2 Å². The number of fused-ring (bicyclic) bond motifs is 1. The minimum absolute atomic E-state index is 0.0180. The van der Waals surface area contributed by atoms with Gasteiger partial charge in [-0.05, 0) is 36.6 Å². The molecule has 0 spiro atoms. The number of benzene rings is 2. The Labute approximate surface area is 154 Å². The first kappa shape index (κ1) is 16.7. The molecule has 26 heavy (non-hydrogen) atoms. The van der Waals surface area contributed by atoms with Crippen LogP contribution in [0.15, 0.2) is 58.2 Å². The molecule has 1 aliphatic heterocycles. The average molecular weight is 367 g/mol. The summed E-state index contributed by atoms with van der Waals surface area (Å²) in [6.45, 7) is 0.726. The van der Waals surface area contributed by atoms with Gasteiger partial charge in [0.05, 0.1) is 11.3 Å². The van der Waals surface area contributed by atoms with Gasteiger partial charge in [-0.25, -0.2) is 0 Å². The first-order chi connectivity index (χ1) is 12.7. The molecule has 7 heteroatoms. The van der Waals surface area contributed by atoms with E-state index in [-0.39, 0.29) is 23.3 Å². The van der Waals surface area contributed by atoms with E-state index in [9.17, 15) is 9.90 Å². The number of rotatable bonds is 4. The lowest BCUT2D eigenvalue weighted by Crippen LogP contribution is -2.36. The number of phenols is 1. The molecule has 132 valence electrons. The fraction of sp³-hybridized carbons (Fsp3) is 0.211. The number of carbonyl (C=O) groups is 1. The van der Waals surface area contributed by atoms with E-state index in [1.165, 1.54) is 17.3 Å². The van der Waals surface area contributed by atoms with Crippen molar-refractivity contribution in [3.63, 3.8) is 0 Å². The second kappa shape index (κ2) is 7.21. The normalized spacial score (nSPS) is 13.5. The molecule has 6 nitrogen and oxygen atoms in total. The number of hydrogen-bond acceptors (Lipinski definition) is 6. The molecule has 0 bridgehead atoms. The van der Waals surface area contributed by atoms with E-state index in [0.29, 0.717) is 10.8 Å². The fourth-order valence-electron chi connectivity index (χ4n) is 3.03. The second-order valence-corrected chi connectivity index (χ2v) is 6.88. The molecule has 0 atom stereocenters. The number of para-hydroxylation sites is 2. The number of aromatic nitrogens is 2. The number of carbonyl (C=O) groups excluding carboxylic acids is 1. The molecule has 1 amide bonds. The van der Waals surface area contributed by atoms with Gasteiger partial charge in [0.2, 0.25) is 5.91 Å². The molecule has 1 aromatic heterocycles. The molecule has 2 aromatic carbocycles. The molecular formula is C19H17N3O3S. The molecular weight excluding hydrogens is 350 g/mol. The molecule has 0 saturated carbocycles. The van der Waals surface area contributed by atoms with Crippen molar-refractivity contribution in [2.24, 2.45) is 0 Å². The maximum atomic E-state index is 12.6. The van der Waals surface area contributed by atoms with Crippen LogP contribution in [-0.2, 0) is 11.2 Å². The number of hydrogen-bond donors (Lipinski definition) is 1. The lowest BCUT2D eigenvalue weighted by atomic mass is 10.0. The van der Waals surface area contributed by atoms with Gasteiger partial charge < -0.3 is 14.4 Å². The molecule has 0 aliphatic carbocycles. The van der Waals surface area contributed by atoms with E-state index in [2.05, 4.69) is 16.3 Å². The summed E-state index contributed by atoms with van der Waals surface area (Å²) in [4.78, 5) is 14.5. The predicted octanol–water partition coefficient (Wildman–Crippen LogP) is 3.51. The number of nitrogens with zero attached hydrogens (tertiary/aromatic N) is 3. The highest BCUT2D eigenvalue weighted by Gasteiger charge is 2.23. The van der Waals surface area contributed by atoms with Crippen molar-refractivity contribution in [2.45, 2.75) is 18.1 Å². The van der Waals surface area contributed by atoms with Crippen molar-refractivity contribution in [3.05, 3.63) is 54.1 Å². The van der Waals surface area contributed by atoms with Crippen molar-refractivity contribution >= 4 is 23.4 Å². The third kappa shape index (κ3) is 3.30. The van der Waals surface area contributed by atoms with E-state index in [1.54, 1.807) is 24.3 Å². The summed E-state index contributed by atoms with van der Waals surface area (Å²) in [7, 11) is 0. The summed E-state index contributed by atoms with van der Waals surface area (Å²) in [5, 5.41) is 18.1. The predicted molar refractivity (Wildman–Crippen MR) is 99.2 cm³/mol. The Morgan fingerprint density at radius 3 is 2.85 bits per heavy atom. The Hall–Kier alpha value is -2.80. The summed E-state index contributed by atoms with van der Waals surface area (Å²) >= 11 is 1.21. The van der Waals surface area contributed by atoms with Gasteiger partial charge in [0.25, 0.3) is 11.1 Å². The van der Waals surface area contributed by atoms with Crippen LogP contribution in [0, 0.1) is 0 Å². The van der Waals surface area contributed by atoms with E-state index in [1.807, 2.05) is 23.1 Å². The highest BCUT2D eigenvalue weighted by molar-refractivity contribution is 7.99. The van der Waals surface area contributed by atoms with Crippen molar-refractivity contribution in [1.82, 2.24) is 10.2 Å². The summed E-state index contributed by atoms with van der Waals surface area (Å²) in [6, 6.07) is 14.8. The number of thioether (sulfide) groups is 1. The van der Waals surface area contributed by atoms with E-state index >= 15 is 0 Å². The fourth-order valence-corrected chi connectivity index (χ4v) is 3.66. The summed E-state index contributed by atoms with van der Waals surface area (Å²) < 4.78 is 5.57. The molecule has 3 aromatic rings. The average Bonchev–Trinajstić information content (AvgIpc) is 3.15. The minimum atomic E-state index is 0.0180. The number of aromatic hydroxyl groups is 1. The molecule has 4 rings (SSSR count). The Morgan fingerprint density at radius 2 is 1.96 bits per heavy atom. The molecule has 1 N–H and O–H groups in total. The lowest BCUT2D eigenvalue weighted by molar-refractivity contribution is -0.116. The highest BCUT2D eigenvalue weighted by Crippen LogP contribution is 2.31. The Kier molecular flexibility index (Phi) is 4.62. The number of amides is 1. The van der Waals surface area contributed by atoms with Gasteiger partial charge in [-0.1, -0.05) is 42.1 Å². The molecule has 1 aliphatic rings. The standard InChI is InChI=1S/C19H17N3O3S/c23-16-10-4-2-8-14(16)18-20-21-19(25-18)26-12-17(24)22-11-5-7-13-6-1-3-9-15(13)22/h1-4,6,8-10,23H,5,7,11-12H2. The van der Waals surface area contributed by atoms with Gasteiger partial charge in [0.15, 0.2) is 0 Å². The van der Waals surface area contributed by atoms with Gasteiger partial charge in [0, 0.05) is 12.2 Å². The van der Waals surface area contributed by atoms with E-state index in [4.69, 9.17) is 4.42 Å². The largest absolute Gasteiger partial charge is 0.507 e. The van der Waals surface area contributed by atoms with Crippen molar-refractivity contribution in [1.29, 1.82) is 0 Å². The molecule has 2 heterocycles. The summed E-state index contributed by atoms with van der Waals surface area (Å²) in [5.74, 6) is 0.552. The molecule has 0 fully saturated rings. The van der Waals surface area contributed by atoms with Gasteiger partial charge in [-0.15, -0.1) is 10.2 Å². The van der Waals surface area contributed by atoms with E-state index < -0.39 is 0 Å². The highest BCUT2D eigenvalue weighted by atomic mass is 32.2. The number of aryl methyl sites for hydroxylation is 1. The molecule has 0 saturated heterocycles. The van der Waals surface area contributed by atoms with Gasteiger partial charge in [0.1, 0.15) is 5.75 Å². The van der Waals surface area contributed by atoms with Crippen LogP contribution in [0.3, 0.4) is 0 Å². The van der Waals surface area contributed by atoms with Crippen LogP contribution in [0.4, 0.5) is 5.69 Å². The number of phenolic OH excluding ortho intramolecular Hbond substituents is 1. The third-order valence-electron chi connectivity index (χ3n) is 4.27. The van der Waals surface area contributed by atoms with Crippen LogP contribution in [0.5, 0.6) is 5.75 Å². The molecule has 0 unspecified atom stereocenters. The van der Waals surface area contributed by atoms with Gasteiger partial charge in [-0.3, -0.25) is 4.79 Å². The summed E-state index contributed by atoms with van der Waals surface area (Å²) in [5.41, 5.74) is 2.67. The SMILES string of the molecule is O=C(CSc1nnc(-c2ccccc2O)o1)N1CCCc2ccccc21. The zero-order valence-electron chi connectivity index (χ0n) is 14.0. The first-order valence-electron chi connectivity index (χ1n) is 8.35. The Balaban J connectivity index is 1.44. The monoisotopic (exact) mass is 367 g/mol. The minimum Gasteiger partial charge on any atom is -0.507 e. The number of anilines is 1. The van der Waals surface area contributed by atoms with Gasteiger partial charge in [-0.2, -0.15) is 0 Å². The van der Waals surface area contributed by atoms with Crippen LogP contribution in [0.2, 0.25) is 0 Å². The Morgan fingerprint density at radius 1 is 1.15 bits per heavy atom. The topological polar surface area (TPSA) is 79.5 Å². The van der Waals surface area contributed by atoms with Gasteiger partial charge >= 0.3 is 0 Å². The lowest BCUT2D eigenvalue weighted by Gasteiger charge is -2.29. The molecule has 0 radical (unpaired) electrons. The van der Waals surface area contributed by atoms with Crippen LogP contribution in [0.25, 0.3) is 11.5 Å². The quantitative estimate of drug-likeness (QED) is 0.711. The zero-order chi connectivity index (χ0) is 17.9. The van der Waals surface area contributed by atoms with Crippen LogP contribution >= 0.6 is 11.8 Å². The Bertz CT molecular complexity index is 941. The van der Waals surface area contributed by atoms with Crippen molar-refractivity contribution < 1.29 is 14.3 Å². The smallest absolute Gasteiger partial charge is 0.277 e. The summed E-state index contributed by atoms with van der Waals surface area (Å²) in [6.07, 6.45) is 1.96. The maximum Gasteiger partial charge on any atom is 0.277 e. The van der Waals surface area contributed by atoms with Crippen LogP contribution < -0.4 is 4.90 Å². The van der Waals surface area contributed by atoms with Crippen LogP contribution in [0.1, 0.15) is 12.0 Å². The van der Waals surface area contributed by atoms with Crippen molar-refractivity contribution in [3.8, 4) is 17.2 Å². The van der Waals surface area contributed by atoms with E-state index in [0.717, 1.165) is 25.1 Å². The van der Waals surface area contributed by atoms with Crippen LogP contribution in [-0.4, -0.2) is 33.5 Å². The first-order valence-corrected chi connectivity index (χ1v) is 9.34. The zero-order valence-corrected chi connectivity index (χ0v) is 14.8. The third-order valence-corrected chi connectivity index (χ3v) is 5.07. The maximum absolute atomic E-state index is 12.6. The second-order valence-electron chi connectivity index (χ2n) is 5.96.